The molecule has 0 bridgehead atoms. The Hall–Kier alpha value is -4.38. The highest BCUT2D eigenvalue weighted by Gasteiger charge is 2.16. The van der Waals surface area contributed by atoms with E-state index in [0.29, 0.717) is 5.75 Å². The molecule has 0 fully saturated rings. The van der Waals surface area contributed by atoms with Gasteiger partial charge in [0.15, 0.2) is 0 Å². The topological polar surface area (TPSA) is 29.5 Å². The number of rotatable bonds is 8. The van der Waals surface area contributed by atoms with E-state index in [4.69, 9.17) is 4.74 Å². The molecular formula is C39H36O2S2. The quantitative estimate of drug-likeness (QED) is 0.152. The van der Waals surface area contributed by atoms with Gasteiger partial charge in [-0.2, -0.15) is 21.8 Å². The van der Waals surface area contributed by atoms with Crippen LogP contribution in [0.4, 0.5) is 0 Å². The van der Waals surface area contributed by atoms with Crippen LogP contribution in [0.25, 0.3) is 11.1 Å². The van der Waals surface area contributed by atoms with E-state index in [1.54, 1.807) is 7.11 Å². The zero-order valence-corrected chi connectivity index (χ0v) is 26.4. The van der Waals surface area contributed by atoms with Gasteiger partial charge in [0, 0.05) is 0 Å². The number of phenols is 1. The van der Waals surface area contributed by atoms with Crippen molar-refractivity contribution in [3.63, 3.8) is 0 Å². The lowest BCUT2D eigenvalue weighted by Gasteiger charge is -2.25. The smallest absolute Gasteiger partial charge is 0.121 e. The minimum atomic E-state index is -0.759. The van der Waals surface area contributed by atoms with Gasteiger partial charge in [0.05, 0.1) is 7.11 Å². The van der Waals surface area contributed by atoms with Crippen molar-refractivity contribution in [3.8, 4) is 22.6 Å². The van der Waals surface area contributed by atoms with Gasteiger partial charge in [-0.05, 0) is 150 Å². The summed E-state index contributed by atoms with van der Waals surface area (Å²) in [5, 5.41) is 10.4. The van der Waals surface area contributed by atoms with Crippen molar-refractivity contribution in [2.45, 2.75) is 43.2 Å². The van der Waals surface area contributed by atoms with Crippen LogP contribution in [0.2, 0.25) is 0 Å². The molecule has 0 radical (unpaired) electrons. The molecule has 2 atom stereocenters. The normalized spacial score (nSPS) is 13.3. The molecule has 43 heavy (non-hydrogen) atoms. The summed E-state index contributed by atoms with van der Waals surface area (Å²) >= 11 is 0. The summed E-state index contributed by atoms with van der Waals surface area (Å²) in [6.07, 6.45) is 0. The van der Waals surface area contributed by atoms with Gasteiger partial charge in [0.25, 0.3) is 0 Å². The van der Waals surface area contributed by atoms with E-state index in [2.05, 4.69) is 146 Å². The number of hydrogen-bond acceptors (Lipinski definition) is 2. The fraction of sp³-hybridized carbons (Fsp3) is 0.0769. The summed E-state index contributed by atoms with van der Waals surface area (Å²) in [4.78, 5) is 7.78. The van der Waals surface area contributed by atoms with E-state index in [1.165, 1.54) is 40.5 Å². The van der Waals surface area contributed by atoms with Gasteiger partial charge in [-0.25, -0.2) is 0 Å². The van der Waals surface area contributed by atoms with Gasteiger partial charge in [-0.1, -0.05) is 60.7 Å². The zero-order valence-electron chi connectivity index (χ0n) is 24.6. The van der Waals surface area contributed by atoms with Gasteiger partial charge >= 0.3 is 0 Å². The Balaban J connectivity index is 1.32. The first kappa shape index (κ1) is 28.7. The number of methoxy groups -OCH3 is 1. The standard InChI is InChI=1S/C39H36O2S2/c1-28-26-38(27-29(2)39(28)40)43(34-12-8-5-9-13-34)36-22-16-31(17-23-36)30-14-20-35(21-15-30)42(33-10-6-4-7-11-33)37-24-18-32(41-3)19-25-37/h4-27,40,42-43H,1-3H3. The van der Waals surface area contributed by atoms with Crippen molar-refractivity contribution in [1.82, 2.24) is 0 Å². The molecule has 0 amide bonds. The number of phenolic OH excluding ortho intramolecular Hbond substituents is 1. The fourth-order valence-corrected chi connectivity index (χ4v) is 10.2. The number of aromatic hydroxyl groups is 1. The van der Waals surface area contributed by atoms with Crippen LogP contribution in [0.1, 0.15) is 11.1 Å². The van der Waals surface area contributed by atoms with Crippen LogP contribution < -0.4 is 4.74 Å². The summed E-state index contributed by atoms with van der Waals surface area (Å²) in [6.45, 7) is 3.96. The van der Waals surface area contributed by atoms with E-state index in [1.807, 2.05) is 13.8 Å². The summed E-state index contributed by atoms with van der Waals surface area (Å²) in [6, 6.07) is 52.3. The highest BCUT2D eigenvalue weighted by molar-refractivity contribution is 8.17. The lowest BCUT2D eigenvalue weighted by atomic mass is 10.1. The average molecular weight is 601 g/mol. The molecule has 2 unspecified atom stereocenters. The van der Waals surface area contributed by atoms with E-state index in [0.717, 1.165) is 16.9 Å². The molecule has 0 aliphatic carbocycles. The molecule has 6 aromatic carbocycles. The summed E-state index contributed by atoms with van der Waals surface area (Å²) in [7, 11) is 0.259. The van der Waals surface area contributed by atoms with Crippen molar-refractivity contribution in [1.29, 1.82) is 0 Å². The number of aryl methyl sites for hydroxylation is 2. The minimum Gasteiger partial charge on any atom is -0.507 e. The largest absolute Gasteiger partial charge is 0.507 e. The van der Waals surface area contributed by atoms with E-state index in [-0.39, 0.29) is 0 Å². The molecule has 6 aromatic rings. The van der Waals surface area contributed by atoms with Crippen LogP contribution in [0.5, 0.6) is 11.5 Å². The van der Waals surface area contributed by atoms with Gasteiger partial charge in [-0.15, -0.1) is 0 Å². The molecule has 0 heterocycles. The third kappa shape index (κ3) is 6.22. The number of hydrogen-bond donors (Lipinski definition) is 3. The van der Waals surface area contributed by atoms with Crippen LogP contribution in [-0.2, 0) is 0 Å². The monoisotopic (exact) mass is 600 g/mol. The Morgan fingerprint density at radius 1 is 0.442 bits per heavy atom. The molecule has 0 aromatic heterocycles. The predicted octanol–water partition coefficient (Wildman–Crippen LogP) is 10.6. The summed E-state index contributed by atoms with van der Waals surface area (Å²) < 4.78 is 5.41. The Morgan fingerprint density at radius 2 is 0.791 bits per heavy atom. The highest BCUT2D eigenvalue weighted by Crippen LogP contribution is 2.53. The van der Waals surface area contributed by atoms with Crippen molar-refractivity contribution >= 4 is 21.8 Å². The SMILES string of the molecule is COc1ccc([SH](c2ccccc2)c2ccc(-c3ccc([SH](c4ccccc4)c4cc(C)c(O)c(C)c4)cc3)cc2)cc1. The van der Waals surface area contributed by atoms with Crippen LogP contribution in [-0.4, -0.2) is 12.2 Å². The number of benzene rings is 6. The predicted molar refractivity (Wildman–Crippen MR) is 183 cm³/mol. The lowest BCUT2D eigenvalue weighted by Crippen LogP contribution is -1.92. The van der Waals surface area contributed by atoms with E-state index >= 15 is 0 Å². The molecule has 4 heteroatoms. The average Bonchev–Trinajstić information content (AvgIpc) is 3.06. The Labute approximate surface area is 260 Å². The minimum absolute atomic E-state index is 0.383. The van der Waals surface area contributed by atoms with Gasteiger partial charge in [0.2, 0.25) is 0 Å². The van der Waals surface area contributed by atoms with E-state index in [9.17, 15) is 5.11 Å². The second kappa shape index (κ2) is 12.9. The van der Waals surface area contributed by atoms with Gasteiger partial charge < -0.3 is 9.84 Å². The molecule has 0 aliphatic rings. The maximum Gasteiger partial charge on any atom is 0.121 e. The fourth-order valence-electron chi connectivity index (χ4n) is 5.45. The molecule has 0 saturated heterocycles. The van der Waals surface area contributed by atoms with Gasteiger partial charge in [-0.3, -0.25) is 0 Å². The van der Waals surface area contributed by atoms with Gasteiger partial charge in [0.1, 0.15) is 11.5 Å². The van der Waals surface area contributed by atoms with Crippen molar-refractivity contribution < 1.29 is 9.84 Å². The maximum atomic E-state index is 10.4. The number of ether oxygens (including phenoxy) is 1. The molecule has 0 saturated carbocycles. The molecule has 6 rings (SSSR count). The molecule has 216 valence electrons. The molecule has 2 nitrogen and oxygen atoms in total. The second-order valence-electron chi connectivity index (χ2n) is 10.6. The maximum absolute atomic E-state index is 10.4. The lowest BCUT2D eigenvalue weighted by molar-refractivity contribution is 0.414. The summed E-state index contributed by atoms with van der Waals surface area (Å²) in [5.41, 5.74) is 4.23. The number of thiol groups is 2. The van der Waals surface area contributed by atoms with Crippen molar-refractivity contribution in [3.05, 3.63) is 157 Å². The van der Waals surface area contributed by atoms with E-state index < -0.39 is 21.8 Å². The Bertz CT molecular complexity index is 1780. The third-order valence-corrected chi connectivity index (χ3v) is 12.5. The molecule has 0 spiro atoms. The van der Waals surface area contributed by atoms with Crippen molar-refractivity contribution in [2.24, 2.45) is 0 Å². The summed E-state index contributed by atoms with van der Waals surface area (Å²) in [5.74, 6) is 1.26. The van der Waals surface area contributed by atoms with Crippen LogP contribution >= 0.6 is 21.8 Å². The first-order valence-corrected chi connectivity index (χ1v) is 17.1. The third-order valence-electron chi connectivity index (χ3n) is 7.68. The second-order valence-corrected chi connectivity index (χ2v) is 15.0. The van der Waals surface area contributed by atoms with Crippen molar-refractivity contribution in [2.75, 3.05) is 7.11 Å². The zero-order chi connectivity index (χ0) is 29.8. The van der Waals surface area contributed by atoms with Crippen LogP contribution in [0.3, 0.4) is 0 Å². The first-order valence-electron chi connectivity index (χ1n) is 14.4. The first-order chi connectivity index (χ1) is 21.0. The Morgan fingerprint density at radius 3 is 1.19 bits per heavy atom. The molecule has 0 aliphatic heterocycles. The highest BCUT2D eigenvalue weighted by atomic mass is 32.2. The van der Waals surface area contributed by atoms with Crippen LogP contribution in [0, 0.1) is 13.8 Å². The molecule has 1 N–H and O–H groups in total. The Kier molecular flexibility index (Phi) is 8.59. The van der Waals surface area contributed by atoms with Crippen LogP contribution in [0.15, 0.2) is 175 Å². The molecular weight excluding hydrogens is 565 g/mol.